The van der Waals surface area contributed by atoms with E-state index in [2.05, 4.69) is 15.0 Å². The molecule has 3 rings (SSSR count). The van der Waals surface area contributed by atoms with Crippen molar-refractivity contribution in [1.29, 1.82) is 0 Å². The molecule has 0 saturated carbocycles. The lowest BCUT2D eigenvalue weighted by Gasteiger charge is -2.04. The fraction of sp³-hybridized carbons (Fsp3) is 0.0588. The third-order valence-corrected chi connectivity index (χ3v) is 4.11. The van der Waals surface area contributed by atoms with E-state index in [0.717, 1.165) is 21.0 Å². The predicted molar refractivity (Wildman–Crippen MR) is 89.5 cm³/mol. The first-order chi connectivity index (χ1) is 11.3. The second-order valence-electron chi connectivity index (χ2n) is 4.59. The summed E-state index contributed by atoms with van der Waals surface area (Å²) in [5, 5.41) is 0.850. The van der Waals surface area contributed by atoms with Crippen LogP contribution >= 0.6 is 11.3 Å². The van der Waals surface area contributed by atoms with Crippen LogP contribution in [0, 0.1) is 0 Å². The Balaban J connectivity index is 1.98. The van der Waals surface area contributed by atoms with Gasteiger partial charge in [-0.05, 0) is 35.9 Å². The molecule has 0 aliphatic carbocycles. The maximum Gasteiger partial charge on any atom is 0.338 e. The summed E-state index contributed by atoms with van der Waals surface area (Å²) in [7, 11) is 1.37. The number of aromatic nitrogens is 3. The van der Waals surface area contributed by atoms with Crippen LogP contribution in [0.3, 0.4) is 0 Å². The lowest BCUT2D eigenvalue weighted by molar-refractivity contribution is -0.133. The quantitative estimate of drug-likeness (QED) is 0.544. The summed E-state index contributed by atoms with van der Waals surface area (Å²) < 4.78 is 4.88. The van der Waals surface area contributed by atoms with E-state index in [1.165, 1.54) is 18.4 Å². The van der Waals surface area contributed by atoms with Gasteiger partial charge in [0.2, 0.25) is 0 Å². The number of methoxy groups -OCH3 is 1. The van der Waals surface area contributed by atoms with Gasteiger partial charge in [-0.15, -0.1) is 11.3 Å². The number of hydrogen-bond acceptors (Lipinski definition) is 6. The molecule has 0 aliphatic rings. The molecule has 0 atom stereocenters. The second kappa shape index (κ2) is 6.93. The van der Waals surface area contributed by atoms with Gasteiger partial charge in [-0.25, -0.2) is 9.78 Å². The summed E-state index contributed by atoms with van der Waals surface area (Å²) >= 11 is 1.49. The van der Waals surface area contributed by atoms with Gasteiger partial charge in [0.15, 0.2) is 0 Å². The van der Waals surface area contributed by atoms with Gasteiger partial charge >= 0.3 is 5.97 Å². The van der Waals surface area contributed by atoms with E-state index in [1.807, 2.05) is 12.1 Å². The number of thiazole rings is 1. The second-order valence-corrected chi connectivity index (χ2v) is 5.66. The Kier molecular flexibility index (Phi) is 4.54. The van der Waals surface area contributed by atoms with Crippen molar-refractivity contribution in [2.24, 2.45) is 0 Å². The Labute approximate surface area is 137 Å². The topological polar surface area (TPSA) is 65.0 Å². The zero-order valence-corrected chi connectivity index (χ0v) is 13.2. The first-order valence-corrected chi connectivity index (χ1v) is 7.66. The Hall–Kier alpha value is -2.86. The van der Waals surface area contributed by atoms with Crippen LogP contribution in [0.5, 0.6) is 0 Å². The van der Waals surface area contributed by atoms with Gasteiger partial charge in [0.25, 0.3) is 0 Å². The van der Waals surface area contributed by atoms with Crippen molar-refractivity contribution in [3.8, 4) is 10.6 Å². The molecule has 0 radical (unpaired) electrons. The number of esters is 1. The van der Waals surface area contributed by atoms with Crippen LogP contribution in [0.4, 0.5) is 0 Å². The lowest BCUT2D eigenvalue weighted by atomic mass is 10.1. The predicted octanol–water partition coefficient (Wildman–Crippen LogP) is 3.31. The van der Waals surface area contributed by atoms with Crippen LogP contribution in [0.15, 0.2) is 55.2 Å². The number of ether oxygens (including phenoxy) is 1. The van der Waals surface area contributed by atoms with E-state index >= 15 is 0 Å². The number of rotatable bonds is 4. The molecule has 0 aliphatic heterocycles. The van der Waals surface area contributed by atoms with Crippen LogP contribution in [0.2, 0.25) is 0 Å². The smallest absolute Gasteiger partial charge is 0.338 e. The molecule has 6 heteroatoms. The third-order valence-electron chi connectivity index (χ3n) is 3.12. The highest BCUT2D eigenvalue weighted by Crippen LogP contribution is 2.28. The molecule has 0 spiro atoms. The van der Waals surface area contributed by atoms with E-state index in [0.29, 0.717) is 5.57 Å². The number of carbonyl (C=O) groups excluding carboxylic acids is 1. The molecule has 0 aromatic carbocycles. The molecule has 114 valence electrons. The molecule has 23 heavy (non-hydrogen) atoms. The van der Waals surface area contributed by atoms with Gasteiger partial charge in [0.05, 0.1) is 12.7 Å². The molecule has 0 bridgehead atoms. The summed E-state index contributed by atoms with van der Waals surface area (Å²) in [4.78, 5) is 25.4. The highest BCUT2D eigenvalue weighted by atomic mass is 32.1. The Morgan fingerprint density at radius 3 is 2.65 bits per heavy atom. The minimum Gasteiger partial charge on any atom is -0.465 e. The van der Waals surface area contributed by atoms with E-state index in [9.17, 15) is 4.79 Å². The van der Waals surface area contributed by atoms with Gasteiger partial charge in [0, 0.05) is 41.4 Å². The molecular weight excluding hydrogens is 310 g/mol. The monoisotopic (exact) mass is 323 g/mol. The fourth-order valence-electron chi connectivity index (χ4n) is 2.02. The highest BCUT2D eigenvalue weighted by molar-refractivity contribution is 7.15. The van der Waals surface area contributed by atoms with E-state index in [1.54, 1.807) is 49.2 Å². The van der Waals surface area contributed by atoms with E-state index in [-0.39, 0.29) is 0 Å². The van der Waals surface area contributed by atoms with Crippen LogP contribution in [0.25, 0.3) is 22.2 Å². The average Bonchev–Trinajstić information content (AvgIpc) is 3.09. The summed E-state index contributed by atoms with van der Waals surface area (Å²) in [5.74, 6) is -0.396. The molecule has 0 saturated heterocycles. The summed E-state index contributed by atoms with van der Waals surface area (Å²) in [6.07, 6.45) is 10.3. The van der Waals surface area contributed by atoms with Crippen LogP contribution in [-0.2, 0) is 9.53 Å². The zero-order valence-electron chi connectivity index (χ0n) is 12.3. The first-order valence-electron chi connectivity index (χ1n) is 6.84. The Morgan fingerprint density at radius 2 is 1.96 bits per heavy atom. The van der Waals surface area contributed by atoms with Crippen LogP contribution < -0.4 is 0 Å². The van der Waals surface area contributed by atoms with Crippen molar-refractivity contribution in [1.82, 2.24) is 15.0 Å². The minimum atomic E-state index is -0.396. The molecule has 3 heterocycles. The number of pyridine rings is 2. The van der Waals surface area contributed by atoms with Gasteiger partial charge in [0.1, 0.15) is 5.01 Å². The Morgan fingerprint density at radius 1 is 1.13 bits per heavy atom. The lowest BCUT2D eigenvalue weighted by Crippen LogP contribution is -2.03. The van der Waals surface area contributed by atoms with Crippen molar-refractivity contribution in [2.75, 3.05) is 7.11 Å². The molecule has 0 amide bonds. The molecule has 0 fully saturated rings. The standard InChI is InChI=1S/C17H13N3O2S/c1-22-17(21)15(12-4-7-18-8-5-12)9-14-11-20-16(23-14)13-3-2-6-19-10-13/h2-11H,1H3. The van der Waals surface area contributed by atoms with Gasteiger partial charge in [-0.3, -0.25) is 9.97 Å². The summed E-state index contributed by atoms with van der Waals surface area (Å²) in [5.41, 5.74) is 2.17. The van der Waals surface area contributed by atoms with Gasteiger partial charge in [-0.2, -0.15) is 0 Å². The van der Waals surface area contributed by atoms with E-state index < -0.39 is 5.97 Å². The molecule has 3 aromatic heterocycles. The molecule has 0 N–H and O–H groups in total. The molecule has 5 nitrogen and oxygen atoms in total. The number of hydrogen-bond donors (Lipinski definition) is 0. The molecule has 0 unspecified atom stereocenters. The zero-order chi connectivity index (χ0) is 16.1. The maximum atomic E-state index is 12.1. The molecular formula is C17H13N3O2S. The van der Waals surface area contributed by atoms with Crippen molar-refractivity contribution in [2.45, 2.75) is 0 Å². The van der Waals surface area contributed by atoms with Crippen molar-refractivity contribution >= 4 is 29.0 Å². The average molecular weight is 323 g/mol. The van der Waals surface area contributed by atoms with Gasteiger partial charge in [-0.1, -0.05) is 0 Å². The van der Waals surface area contributed by atoms with Crippen molar-refractivity contribution in [3.63, 3.8) is 0 Å². The fourth-order valence-corrected chi connectivity index (χ4v) is 2.87. The molecule has 3 aromatic rings. The van der Waals surface area contributed by atoms with Crippen LogP contribution in [-0.4, -0.2) is 28.0 Å². The normalized spacial score (nSPS) is 11.3. The van der Waals surface area contributed by atoms with Gasteiger partial charge < -0.3 is 4.74 Å². The van der Waals surface area contributed by atoms with Crippen molar-refractivity contribution < 1.29 is 9.53 Å². The van der Waals surface area contributed by atoms with E-state index in [4.69, 9.17) is 4.74 Å². The highest BCUT2D eigenvalue weighted by Gasteiger charge is 2.13. The summed E-state index contributed by atoms with van der Waals surface area (Å²) in [6.45, 7) is 0. The first kappa shape index (κ1) is 15.1. The Bertz CT molecular complexity index is 829. The summed E-state index contributed by atoms with van der Waals surface area (Å²) in [6, 6.07) is 7.35. The number of nitrogens with zero attached hydrogens (tertiary/aromatic N) is 3. The third kappa shape index (κ3) is 3.49. The number of carbonyl (C=O) groups is 1. The largest absolute Gasteiger partial charge is 0.465 e. The van der Waals surface area contributed by atoms with Crippen LogP contribution in [0.1, 0.15) is 10.4 Å². The van der Waals surface area contributed by atoms with Crippen molar-refractivity contribution in [3.05, 3.63) is 65.7 Å². The maximum absolute atomic E-state index is 12.1. The SMILES string of the molecule is COC(=O)C(=Cc1cnc(-c2cccnc2)s1)c1ccncc1. The minimum absolute atomic E-state index is 0.396.